The lowest BCUT2D eigenvalue weighted by Crippen LogP contribution is -2.36. The Hall–Kier alpha value is -3.11. The maximum Gasteiger partial charge on any atom is 0.336 e. The summed E-state index contributed by atoms with van der Waals surface area (Å²) in [5, 5.41) is 5.94. The number of benzene rings is 1. The maximum absolute atomic E-state index is 11.9. The molecule has 7 nitrogen and oxygen atoms in total. The van der Waals surface area contributed by atoms with E-state index in [-0.39, 0.29) is 5.63 Å². The Balaban J connectivity index is 1.45. The average molecular weight is 492 g/mol. The predicted molar refractivity (Wildman–Crippen MR) is 134 cm³/mol. The zero-order valence-corrected chi connectivity index (χ0v) is 20.1. The second-order valence-corrected chi connectivity index (χ2v) is 9.95. The highest BCUT2D eigenvalue weighted by molar-refractivity contribution is 7.18. The Kier molecular flexibility index (Phi) is 5.62. The van der Waals surface area contributed by atoms with Crippen LogP contribution in [-0.4, -0.2) is 41.2 Å². The molecule has 0 unspecified atom stereocenters. The number of nitrogens with zero attached hydrogens (tertiary/aromatic N) is 3. The van der Waals surface area contributed by atoms with E-state index in [9.17, 15) is 4.79 Å². The SMILES string of the molecule is Cc1cc(=O)oc2cc(Oc3nc(CN4CCOCC4)nc4scc(-c5cccs5)c34)ccc12. The zero-order valence-electron chi connectivity index (χ0n) is 18.4. The lowest BCUT2D eigenvalue weighted by Gasteiger charge is -2.25. The molecule has 4 aromatic heterocycles. The van der Waals surface area contributed by atoms with E-state index in [1.54, 1.807) is 28.7 Å². The van der Waals surface area contributed by atoms with E-state index in [2.05, 4.69) is 21.7 Å². The molecule has 172 valence electrons. The Morgan fingerprint density at radius 3 is 2.82 bits per heavy atom. The Morgan fingerprint density at radius 2 is 2.00 bits per heavy atom. The number of fused-ring (bicyclic) bond motifs is 2. The highest BCUT2D eigenvalue weighted by atomic mass is 32.1. The van der Waals surface area contributed by atoms with E-state index in [0.29, 0.717) is 29.6 Å². The van der Waals surface area contributed by atoms with Crippen LogP contribution in [0.2, 0.25) is 0 Å². The minimum absolute atomic E-state index is 0.378. The second-order valence-electron chi connectivity index (χ2n) is 8.15. The average Bonchev–Trinajstić information content (AvgIpc) is 3.49. The van der Waals surface area contributed by atoms with Gasteiger partial charge in [0, 0.05) is 46.4 Å². The summed E-state index contributed by atoms with van der Waals surface area (Å²) >= 11 is 3.26. The number of thiophene rings is 2. The molecule has 5 heterocycles. The Labute approximate surface area is 203 Å². The lowest BCUT2D eigenvalue weighted by molar-refractivity contribution is 0.0330. The first-order valence-corrected chi connectivity index (χ1v) is 12.7. The lowest BCUT2D eigenvalue weighted by atomic mass is 10.1. The molecule has 1 saturated heterocycles. The smallest absolute Gasteiger partial charge is 0.336 e. The van der Waals surface area contributed by atoms with E-state index in [1.165, 1.54) is 6.07 Å². The molecule has 6 rings (SSSR count). The van der Waals surface area contributed by atoms with Gasteiger partial charge in [-0.3, -0.25) is 4.90 Å². The van der Waals surface area contributed by atoms with Crippen molar-refractivity contribution in [2.45, 2.75) is 13.5 Å². The van der Waals surface area contributed by atoms with Crippen LogP contribution in [0.5, 0.6) is 11.6 Å². The molecule has 0 atom stereocenters. The van der Waals surface area contributed by atoms with Gasteiger partial charge < -0.3 is 13.9 Å². The van der Waals surface area contributed by atoms with Crippen molar-refractivity contribution in [3.63, 3.8) is 0 Å². The van der Waals surface area contributed by atoms with Gasteiger partial charge in [-0.25, -0.2) is 9.78 Å². The van der Waals surface area contributed by atoms with Gasteiger partial charge in [-0.1, -0.05) is 6.07 Å². The van der Waals surface area contributed by atoms with Gasteiger partial charge in [0.25, 0.3) is 0 Å². The standard InChI is InChI=1S/C25H21N3O4S2/c1-15-11-22(29)32-19-12-16(4-5-17(15)19)31-24-23-18(20-3-2-10-33-20)14-34-25(23)27-21(26-24)13-28-6-8-30-9-7-28/h2-5,10-12,14H,6-9,13H2,1H3. The van der Waals surface area contributed by atoms with E-state index in [4.69, 9.17) is 23.9 Å². The number of hydrogen-bond donors (Lipinski definition) is 0. The fourth-order valence-corrected chi connectivity index (χ4v) is 5.92. The summed E-state index contributed by atoms with van der Waals surface area (Å²) in [5.41, 5.74) is 2.04. The van der Waals surface area contributed by atoms with Crippen molar-refractivity contribution < 1.29 is 13.9 Å². The summed E-state index contributed by atoms with van der Waals surface area (Å²) < 4.78 is 17.3. The molecule has 1 aliphatic heterocycles. The van der Waals surface area contributed by atoms with Crippen molar-refractivity contribution in [1.29, 1.82) is 0 Å². The second kappa shape index (κ2) is 8.92. The van der Waals surface area contributed by atoms with Gasteiger partial charge in [0.15, 0.2) is 0 Å². The van der Waals surface area contributed by atoms with Crippen molar-refractivity contribution in [3.8, 4) is 22.1 Å². The molecule has 0 spiro atoms. The van der Waals surface area contributed by atoms with Crippen LogP contribution in [0.15, 0.2) is 56.4 Å². The molecule has 1 aromatic carbocycles. The van der Waals surface area contributed by atoms with E-state index in [1.807, 2.05) is 25.1 Å². The van der Waals surface area contributed by atoms with Gasteiger partial charge in [0.05, 0.1) is 25.1 Å². The third-order valence-electron chi connectivity index (χ3n) is 5.84. The molecular formula is C25H21N3O4S2. The number of rotatable bonds is 5. The van der Waals surface area contributed by atoms with Crippen molar-refractivity contribution >= 4 is 43.9 Å². The fourth-order valence-electron chi connectivity index (χ4n) is 4.15. The molecule has 1 aliphatic rings. The number of hydrogen-bond acceptors (Lipinski definition) is 9. The van der Waals surface area contributed by atoms with Crippen molar-refractivity contribution in [3.05, 3.63) is 69.0 Å². The van der Waals surface area contributed by atoms with Crippen LogP contribution in [0, 0.1) is 6.92 Å². The van der Waals surface area contributed by atoms with Crippen LogP contribution in [0.1, 0.15) is 11.4 Å². The number of ether oxygens (including phenoxy) is 2. The minimum Gasteiger partial charge on any atom is -0.438 e. The zero-order chi connectivity index (χ0) is 23.1. The molecule has 0 bridgehead atoms. The van der Waals surface area contributed by atoms with Crippen LogP contribution < -0.4 is 10.4 Å². The molecule has 0 radical (unpaired) electrons. The largest absolute Gasteiger partial charge is 0.438 e. The van der Waals surface area contributed by atoms with Gasteiger partial charge in [-0.05, 0) is 36.1 Å². The van der Waals surface area contributed by atoms with E-state index >= 15 is 0 Å². The summed E-state index contributed by atoms with van der Waals surface area (Å²) in [6.45, 7) is 5.67. The fraction of sp³-hybridized carbons (Fsp3) is 0.240. The number of morpholine rings is 1. The number of aryl methyl sites for hydroxylation is 1. The molecular weight excluding hydrogens is 470 g/mol. The van der Waals surface area contributed by atoms with Crippen LogP contribution in [0.3, 0.4) is 0 Å². The highest BCUT2D eigenvalue weighted by Gasteiger charge is 2.20. The van der Waals surface area contributed by atoms with Crippen LogP contribution in [-0.2, 0) is 11.3 Å². The first-order chi connectivity index (χ1) is 16.6. The van der Waals surface area contributed by atoms with Crippen molar-refractivity contribution in [1.82, 2.24) is 14.9 Å². The van der Waals surface area contributed by atoms with Gasteiger partial charge in [-0.2, -0.15) is 4.98 Å². The molecule has 0 saturated carbocycles. The Morgan fingerprint density at radius 1 is 1.12 bits per heavy atom. The van der Waals surface area contributed by atoms with Crippen LogP contribution in [0.25, 0.3) is 31.6 Å². The maximum atomic E-state index is 11.9. The van der Waals surface area contributed by atoms with E-state index in [0.717, 1.165) is 57.9 Å². The van der Waals surface area contributed by atoms with Gasteiger partial charge in [-0.15, -0.1) is 22.7 Å². The van der Waals surface area contributed by atoms with Crippen molar-refractivity contribution in [2.24, 2.45) is 0 Å². The normalized spacial score (nSPS) is 14.7. The first kappa shape index (κ1) is 21.4. The molecule has 0 aliphatic carbocycles. The van der Waals surface area contributed by atoms with Crippen molar-refractivity contribution in [2.75, 3.05) is 26.3 Å². The van der Waals surface area contributed by atoms with Gasteiger partial charge in [0.1, 0.15) is 22.0 Å². The Bertz CT molecular complexity index is 1540. The van der Waals surface area contributed by atoms with Crippen LogP contribution >= 0.6 is 22.7 Å². The summed E-state index contributed by atoms with van der Waals surface area (Å²) in [6.07, 6.45) is 0. The molecule has 0 N–H and O–H groups in total. The molecule has 5 aromatic rings. The summed E-state index contributed by atoms with van der Waals surface area (Å²) in [7, 11) is 0. The number of aromatic nitrogens is 2. The quantitative estimate of drug-likeness (QED) is 0.302. The molecule has 34 heavy (non-hydrogen) atoms. The summed E-state index contributed by atoms with van der Waals surface area (Å²) in [5.74, 6) is 1.78. The van der Waals surface area contributed by atoms with Gasteiger partial charge >= 0.3 is 5.63 Å². The van der Waals surface area contributed by atoms with Crippen LogP contribution in [0.4, 0.5) is 0 Å². The topological polar surface area (TPSA) is 77.7 Å². The van der Waals surface area contributed by atoms with E-state index < -0.39 is 0 Å². The first-order valence-electron chi connectivity index (χ1n) is 11.0. The molecule has 0 amide bonds. The third-order valence-corrected chi connectivity index (χ3v) is 7.61. The summed E-state index contributed by atoms with van der Waals surface area (Å²) in [4.78, 5) is 25.9. The van der Waals surface area contributed by atoms with Gasteiger partial charge in [0.2, 0.25) is 5.88 Å². The summed E-state index contributed by atoms with van der Waals surface area (Å²) in [6, 6.07) is 11.1. The highest BCUT2D eigenvalue weighted by Crippen LogP contribution is 2.41. The monoisotopic (exact) mass is 491 g/mol. The minimum atomic E-state index is -0.378. The molecule has 9 heteroatoms. The third kappa shape index (κ3) is 4.12. The predicted octanol–water partition coefficient (Wildman–Crippen LogP) is 5.46. The molecule has 1 fully saturated rings.